The second kappa shape index (κ2) is 9.48. The Hall–Kier alpha value is -0.980. The van der Waals surface area contributed by atoms with Crippen LogP contribution in [0, 0.1) is 5.92 Å². The zero-order valence-electron chi connectivity index (χ0n) is 18.9. The Balaban J connectivity index is 1.72. The summed E-state index contributed by atoms with van der Waals surface area (Å²) in [5.41, 5.74) is 3.66. The highest BCUT2D eigenvalue weighted by molar-refractivity contribution is 7.80. The zero-order chi connectivity index (χ0) is 21.2. The molecule has 2 unspecified atom stereocenters. The Morgan fingerprint density at radius 1 is 0.742 bits per heavy atom. The number of hydrogen-bond acceptors (Lipinski definition) is 2. The maximum absolute atomic E-state index is 5.93. The van der Waals surface area contributed by atoms with Gasteiger partial charge in [-0.15, -0.1) is 12.6 Å². The molecule has 2 aromatic carbocycles. The summed E-state index contributed by atoms with van der Waals surface area (Å²) in [6, 6.07) is 20.4. The van der Waals surface area contributed by atoms with Crippen molar-refractivity contribution in [2.45, 2.75) is 92.8 Å². The molecule has 0 spiro atoms. The second-order valence-corrected chi connectivity index (χ2v) is 14.6. The summed E-state index contributed by atoms with van der Waals surface area (Å²) in [6.45, 7) is 0. The lowest BCUT2D eigenvalue weighted by Crippen LogP contribution is -2.35. The quantitative estimate of drug-likeness (QED) is 0.351. The van der Waals surface area contributed by atoms with Crippen LogP contribution in [0.3, 0.4) is 0 Å². The van der Waals surface area contributed by atoms with Gasteiger partial charge in [-0.05, 0) is 93.1 Å². The third-order valence-corrected chi connectivity index (χ3v) is 14.5. The predicted octanol–water partition coefficient (Wildman–Crippen LogP) is 9.41. The zero-order valence-corrected chi connectivity index (χ0v) is 20.7. The highest BCUT2D eigenvalue weighted by Gasteiger charge is 2.54. The van der Waals surface area contributed by atoms with Gasteiger partial charge < -0.3 is 0 Å². The van der Waals surface area contributed by atoms with Crippen molar-refractivity contribution >= 4 is 25.4 Å². The molecule has 166 valence electrons. The minimum absolute atomic E-state index is 0.279. The molecule has 3 fully saturated rings. The highest BCUT2D eigenvalue weighted by Crippen LogP contribution is 2.79. The minimum Gasteiger partial charge on any atom is -0.266 e. The van der Waals surface area contributed by atoms with Gasteiger partial charge in [-0.2, -0.15) is 0 Å². The van der Waals surface area contributed by atoms with Gasteiger partial charge in [0, 0.05) is 10.1 Å². The van der Waals surface area contributed by atoms with E-state index in [0.29, 0.717) is 0 Å². The standard InChI is InChI=1S/C28H38NPS/c31-26-18-16-24(17-19-26)28(20-8-3-9-21-28)30(29-25-13-6-2-7-14-25)22-10-15-27(30)23-11-4-1-5-12-23/h2,6-7,13-14,16-19,23,27,31H,1,3-5,8-12,15,20-22H2. The van der Waals surface area contributed by atoms with Crippen molar-refractivity contribution in [3.05, 3.63) is 60.2 Å². The van der Waals surface area contributed by atoms with E-state index in [1.807, 2.05) is 0 Å². The Morgan fingerprint density at radius 3 is 2.13 bits per heavy atom. The highest BCUT2D eigenvalue weighted by atomic mass is 32.1. The number of nitrogens with zero attached hydrogens (tertiary/aromatic N) is 1. The fourth-order valence-corrected chi connectivity index (χ4v) is 13.8. The molecule has 0 radical (unpaired) electrons. The van der Waals surface area contributed by atoms with Crippen LogP contribution in [0.25, 0.3) is 0 Å². The summed E-state index contributed by atoms with van der Waals surface area (Å²) in [6.07, 6.45) is 18.2. The van der Waals surface area contributed by atoms with E-state index in [2.05, 4.69) is 67.2 Å². The first-order valence-corrected chi connectivity index (χ1v) is 15.1. The molecule has 0 N–H and O–H groups in total. The van der Waals surface area contributed by atoms with Crippen molar-refractivity contribution in [3.8, 4) is 0 Å². The molecule has 1 saturated heterocycles. The summed E-state index contributed by atoms with van der Waals surface area (Å²) in [7, 11) is -1.59. The Labute approximate surface area is 194 Å². The molecular weight excluding hydrogens is 413 g/mol. The first-order chi connectivity index (χ1) is 15.2. The number of hydrogen-bond donors (Lipinski definition) is 1. The maximum atomic E-state index is 5.93. The first kappa shape index (κ1) is 21.8. The van der Waals surface area contributed by atoms with Gasteiger partial charge in [0.05, 0.1) is 5.69 Å². The predicted molar refractivity (Wildman–Crippen MR) is 138 cm³/mol. The molecule has 2 aromatic rings. The molecule has 0 aromatic heterocycles. The van der Waals surface area contributed by atoms with Crippen molar-refractivity contribution in [2.75, 3.05) is 6.16 Å². The van der Waals surface area contributed by atoms with Gasteiger partial charge in [-0.25, -0.2) is 0 Å². The van der Waals surface area contributed by atoms with Gasteiger partial charge in [0.25, 0.3) is 0 Å². The molecule has 0 amide bonds. The van der Waals surface area contributed by atoms with E-state index >= 15 is 0 Å². The average Bonchev–Trinajstić information content (AvgIpc) is 3.26. The van der Waals surface area contributed by atoms with Gasteiger partial charge in [-0.1, -0.05) is 68.9 Å². The topological polar surface area (TPSA) is 12.4 Å². The normalized spacial score (nSPS) is 29.0. The lowest BCUT2D eigenvalue weighted by atomic mass is 9.83. The fourth-order valence-electron chi connectivity index (χ4n) is 7.28. The molecule has 0 bridgehead atoms. The molecule has 2 aliphatic carbocycles. The molecule has 3 aliphatic rings. The van der Waals surface area contributed by atoms with Gasteiger partial charge >= 0.3 is 0 Å². The molecule has 31 heavy (non-hydrogen) atoms. The van der Waals surface area contributed by atoms with Crippen molar-refractivity contribution in [2.24, 2.45) is 10.7 Å². The van der Waals surface area contributed by atoms with Crippen LogP contribution in [-0.4, -0.2) is 11.8 Å². The van der Waals surface area contributed by atoms with Crippen molar-refractivity contribution in [1.29, 1.82) is 0 Å². The van der Waals surface area contributed by atoms with Crippen LogP contribution in [0.15, 0.2) is 64.2 Å². The van der Waals surface area contributed by atoms with Crippen molar-refractivity contribution in [1.82, 2.24) is 0 Å². The molecule has 2 atom stereocenters. The SMILES string of the molecule is Sc1ccc(C2(P3(=Nc4ccccc4)CCCC3C3CCCCC3)CCCCC2)cc1. The largest absolute Gasteiger partial charge is 0.266 e. The van der Waals surface area contributed by atoms with Crippen LogP contribution in [-0.2, 0) is 5.16 Å². The molecule has 2 saturated carbocycles. The van der Waals surface area contributed by atoms with Crippen molar-refractivity contribution < 1.29 is 0 Å². The van der Waals surface area contributed by atoms with Crippen LogP contribution in [0.5, 0.6) is 0 Å². The van der Waals surface area contributed by atoms with Crippen LogP contribution in [0.1, 0.15) is 82.6 Å². The Morgan fingerprint density at radius 2 is 1.42 bits per heavy atom. The summed E-state index contributed by atoms with van der Waals surface area (Å²) in [4.78, 5) is 1.08. The summed E-state index contributed by atoms with van der Waals surface area (Å²) >= 11 is 4.62. The molecule has 1 heterocycles. The van der Waals surface area contributed by atoms with E-state index in [4.69, 9.17) is 4.74 Å². The molecule has 3 heteroatoms. The Kier molecular flexibility index (Phi) is 6.68. The summed E-state index contributed by atoms with van der Waals surface area (Å²) in [5.74, 6) is 0.903. The fraction of sp³-hybridized carbons (Fsp3) is 0.571. The van der Waals surface area contributed by atoms with Crippen LogP contribution < -0.4 is 0 Å². The van der Waals surface area contributed by atoms with Gasteiger partial charge in [0.15, 0.2) is 0 Å². The van der Waals surface area contributed by atoms with Crippen LogP contribution in [0.2, 0.25) is 0 Å². The number of thiol groups is 1. The van der Waals surface area contributed by atoms with E-state index in [9.17, 15) is 0 Å². The number of rotatable bonds is 4. The third kappa shape index (κ3) is 4.08. The van der Waals surface area contributed by atoms with Gasteiger partial charge in [0.2, 0.25) is 0 Å². The van der Waals surface area contributed by atoms with Gasteiger partial charge in [-0.3, -0.25) is 4.74 Å². The molecule has 1 aliphatic heterocycles. The minimum atomic E-state index is -1.59. The van der Waals surface area contributed by atoms with Crippen LogP contribution >= 0.6 is 19.7 Å². The van der Waals surface area contributed by atoms with Crippen LogP contribution in [0.4, 0.5) is 5.69 Å². The molecule has 1 nitrogen and oxygen atoms in total. The van der Waals surface area contributed by atoms with E-state index in [-0.39, 0.29) is 5.16 Å². The second-order valence-electron chi connectivity index (χ2n) is 10.2. The maximum Gasteiger partial charge on any atom is 0.0614 e. The van der Waals surface area contributed by atoms with Crippen molar-refractivity contribution in [3.63, 3.8) is 0 Å². The first-order valence-electron chi connectivity index (χ1n) is 12.7. The summed E-state index contributed by atoms with van der Waals surface area (Å²) in [5, 5.41) is 0.279. The average molecular weight is 452 g/mol. The molecular formula is C28H38NPS. The van der Waals surface area contributed by atoms with E-state index in [1.165, 1.54) is 88.9 Å². The number of benzene rings is 2. The Bertz CT molecular complexity index is 908. The van der Waals surface area contributed by atoms with E-state index in [1.54, 1.807) is 5.56 Å². The van der Waals surface area contributed by atoms with E-state index in [0.717, 1.165) is 16.5 Å². The third-order valence-electron chi connectivity index (χ3n) is 8.62. The monoisotopic (exact) mass is 451 g/mol. The lowest BCUT2D eigenvalue weighted by Gasteiger charge is -2.51. The lowest BCUT2D eigenvalue weighted by molar-refractivity contribution is 0.333. The van der Waals surface area contributed by atoms with Gasteiger partial charge in [0.1, 0.15) is 0 Å². The smallest absolute Gasteiger partial charge is 0.0614 e. The van der Waals surface area contributed by atoms with E-state index < -0.39 is 7.05 Å². The summed E-state index contributed by atoms with van der Waals surface area (Å²) < 4.78 is 5.93. The molecule has 5 rings (SSSR count).